The number of phosphoric ester groups is 1. The maximum absolute atomic E-state index is 11.7. The average Bonchev–Trinajstić information content (AvgIpc) is 2.25. The van der Waals surface area contributed by atoms with E-state index in [1.165, 1.54) is 0 Å². The van der Waals surface area contributed by atoms with Crippen LogP contribution in [0.4, 0.5) is 0 Å². The van der Waals surface area contributed by atoms with Gasteiger partial charge < -0.3 is 14.3 Å². The summed E-state index contributed by atoms with van der Waals surface area (Å²) in [6.07, 6.45) is 0. The summed E-state index contributed by atoms with van der Waals surface area (Å²) in [5.41, 5.74) is 0. The number of quaternary nitrogens is 1. The first-order chi connectivity index (χ1) is 9.43. The Morgan fingerprint density at radius 3 is 2.14 bits per heavy atom. The predicted molar refractivity (Wildman–Crippen MR) is 86.1 cm³/mol. The minimum atomic E-state index is -3.92. The molecule has 0 saturated carbocycles. The third-order valence-electron chi connectivity index (χ3n) is 3.48. The molecule has 0 aliphatic carbocycles. The zero-order chi connectivity index (χ0) is 16.7. The van der Waals surface area contributed by atoms with Gasteiger partial charge in [0.05, 0.1) is 27.7 Å². The van der Waals surface area contributed by atoms with Gasteiger partial charge in [0, 0.05) is 13.1 Å². The van der Waals surface area contributed by atoms with Crippen molar-refractivity contribution in [2.24, 2.45) is 11.8 Å². The van der Waals surface area contributed by atoms with Crippen molar-refractivity contribution in [2.45, 2.75) is 20.8 Å². The molecular formula is C14H34N2O4P+. The smallest absolute Gasteiger partial charge is 0.329 e. The fourth-order valence-electron chi connectivity index (χ4n) is 1.57. The molecule has 0 rings (SSSR count). The Kier molecular flexibility index (Phi) is 9.25. The molecule has 0 spiro atoms. The van der Waals surface area contributed by atoms with E-state index in [2.05, 4.69) is 25.7 Å². The molecule has 6 nitrogen and oxygen atoms in total. The van der Waals surface area contributed by atoms with E-state index >= 15 is 0 Å². The van der Waals surface area contributed by atoms with Crippen LogP contribution in [0.3, 0.4) is 0 Å². The van der Waals surface area contributed by atoms with Crippen molar-refractivity contribution in [2.75, 3.05) is 61.0 Å². The highest BCUT2D eigenvalue weighted by Crippen LogP contribution is 2.42. The Morgan fingerprint density at radius 2 is 1.67 bits per heavy atom. The molecule has 0 saturated heterocycles. The van der Waals surface area contributed by atoms with E-state index in [9.17, 15) is 9.46 Å². The second-order valence-corrected chi connectivity index (χ2v) is 8.59. The number of likely N-dealkylation sites (N-methyl/N-ethyl adjacent to an activating group) is 2. The third kappa shape index (κ3) is 12.3. The van der Waals surface area contributed by atoms with Crippen LogP contribution in [0.15, 0.2) is 0 Å². The lowest BCUT2D eigenvalue weighted by Crippen LogP contribution is -2.37. The molecule has 0 aromatic heterocycles. The van der Waals surface area contributed by atoms with Crippen LogP contribution < -0.4 is 0 Å². The van der Waals surface area contributed by atoms with Gasteiger partial charge in [-0.1, -0.05) is 20.8 Å². The molecule has 2 unspecified atom stereocenters. The zero-order valence-electron chi connectivity index (χ0n) is 14.7. The molecule has 0 aromatic carbocycles. The van der Waals surface area contributed by atoms with Gasteiger partial charge in [-0.25, -0.2) is 4.57 Å². The summed E-state index contributed by atoms with van der Waals surface area (Å²) in [5, 5.41) is 0. The van der Waals surface area contributed by atoms with Gasteiger partial charge in [0.15, 0.2) is 0 Å². The fraction of sp³-hybridized carbons (Fsp3) is 1.00. The lowest BCUT2D eigenvalue weighted by Gasteiger charge is -2.25. The summed E-state index contributed by atoms with van der Waals surface area (Å²) in [6.45, 7) is 9.19. The number of rotatable bonds is 11. The summed E-state index contributed by atoms with van der Waals surface area (Å²) >= 11 is 0. The lowest BCUT2D eigenvalue weighted by molar-refractivity contribution is -0.870. The highest BCUT2D eigenvalue weighted by atomic mass is 31.2. The van der Waals surface area contributed by atoms with E-state index in [4.69, 9.17) is 9.05 Å². The monoisotopic (exact) mass is 325 g/mol. The van der Waals surface area contributed by atoms with Crippen molar-refractivity contribution >= 4 is 7.82 Å². The Labute approximate surface area is 130 Å². The number of hydrogen-bond donors (Lipinski definition) is 1. The van der Waals surface area contributed by atoms with E-state index < -0.39 is 7.82 Å². The summed E-state index contributed by atoms with van der Waals surface area (Å²) in [4.78, 5) is 11.7. The Hall–Kier alpha value is 0.0300. The zero-order valence-corrected chi connectivity index (χ0v) is 15.6. The van der Waals surface area contributed by atoms with Gasteiger partial charge in [-0.15, -0.1) is 0 Å². The first kappa shape index (κ1) is 21.0. The van der Waals surface area contributed by atoms with Gasteiger partial charge >= 0.3 is 7.82 Å². The van der Waals surface area contributed by atoms with Gasteiger partial charge in [-0.2, -0.15) is 0 Å². The predicted octanol–water partition coefficient (Wildman–Crippen LogP) is 2.05. The topological polar surface area (TPSA) is 59.0 Å². The second kappa shape index (κ2) is 9.23. The molecule has 0 radical (unpaired) electrons. The molecule has 128 valence electrons. The highest BCUT2D eigenvalue weighted by Gasteiger charge is 2.22. The molecule has 0 bridgehead atoms. The molecule has 1 N–H and O–H groups in total. The summed E-state index contributed by atoms with van der Waals surface area (Å²) in [5.74, 6) is 1.20. The van der Waals surface area contributed by atoms with Crippen molar-refractivity contribution in [1.29, 1.82) is 0 Å². The molecule has 0 heterocycles. The van der Waals surface area contributed by atoms with Crippen molar-refractivity contribution in [1.82, 2.24) is 4.90 Å². The highest BCUT2D eigenvalue weighted by molar-refractivity contribution is 7.47. The van der Waals surface area contributed by atoms with Crippen LogP contribution >= 0.6 is 7.82 Å². The maximum Gasteiger partial charge on any atom is 0.472 e. The van der Waals surface area contributed by atoms with Crippen LogP contribution in [-0.2, 0) is 13.6 Å². The van der Waals surface area contributed by atoms with Crippen LogP contribution in [0, 0.1) is 11.8 Å². The molecular weight excluding hydrogens is 291 g/mol. The lowest BCUT2D eigenvalue weighted by atomic mass is 9.98. The average molecular weight is 325 g/mol. The third-order valence-corrected chi connectivity index (χ3v) is 4.50. The van der Waals surface area contributed by atoms with Crippen molar-refractivity contribution in [3.63, 3.8) is 0 Å². The van der Waals surface area contributed by atoms with Crippen LogP contribution in [0.2, 0.25) is 0 Å². The minimum absolute atomic E-state index is 0.194. The maximum atomic E-state index is 11.7. The molecule has 0 fully saturated rings. The fourth-order valence-corrected chi connectivity index (χ4v) is 2.27. The van der Waals surface area contributed by atoms with E-state index in [1.54, 1.807) is 0 Å². The standard InChI is InChI=1S/C14H33N2O4P/c1-13(2)14(3)12-15(4)8-10-19-21(17,18)20-11-9-16(5,6)7/h13-14H,8-12H2,1-7H3/p+1. The van der Waals surface area contributed by atoms with Crippen molar-refractivity contribution in [3.8, 4) is 0 Å². The Morgan fingerprint density at radius 1 is 1.14 bits per heavy atom. The van der Waals surface area contributed by atoms with Gasteiger partial charge in [-0.05, 0) is 18.9 Å². The van der Waals surface area contributed by atoms with Gasteiger partial charge in [0.1, 0.15) is 13.2 Å². The van der Waals surface area contributed by atoms with E-state index in [1.807, 2.05) is 28.2 Å². The van der Waals surface area contributed by atoms with Crippen LogP contribution in [-0.4, -0.2) is 75.3 Å². The molecule has 21 heavy (non-hydrogen) atoms. The minimum Gasteiger partial charge on any atom is -0.329 e. The van der Waals surface area contributed by atoms with Gasteiger partial charge in [0.2, 0.25) is 0 Å². The summed E-state index contributed by atoms with van der Waals surface area (Å²) in [7, 11) is 4.06. The normalized spacial score (nSPS) is 17.2. The molecule has 0 aromatic rings. The molecule has 0 amide bonds. The first-order valence-corrected chi connectivity index (χ1v) is 9.03. The van der Waals surface area contributed by atoms with Crippen molar-refractivity contribution < 1.29 is 23.0 Å². The second-order valence-electron chi connectivity index (χ2n) is 7.13. The summed E-state index contributed by atoms with van der Waals surface area (Å²) < 4.78 is 22.3. The SMILES string of the molecule is CC(C)C(C)CN(C)CCOP(=O)(O)OCC[N+](C)(C)C. The van der Waals surface area contributed by atoms with Gasteiger partial charge in [-0.3, -0.25) is 9.05 Å². The van der Waals surface area contributed by atoms with Gasteiger partial charge in [0.25, 0.3) is 0 Å². The number of hydrogen-bond acceptors (Lipinski definition) is 4. The van der Waals surface area contributed by atoms with E-state index in [0.717, 1.165) is 6.54 Å². The molecule has 7 heteroatoms. The van der Waals surface area contributed by atoms with E-state index in [-0.39, 0.29) is 13.2 Å². The van der Waals surface area contributed by atoms with Crippen LogP contribution in [0.25, 0.3) is 0 Å². The first-order valence-electron chi connectivity index (χ1n) is 7.54. The Bertz CT molecular complexity index is 331. The quantitative estimate of drug-likeness (QED) is 0.465. The van der Waals surface area contributed by atoms with Crippen LogP contribution in [0.5, 0.6) is 0 Å². The van der Waals surface area contributed by atoms with Crippen LogP contribution in [0.1, 0.15) is 20.8 Å². The summed E-state index contributed by atoms with van der Waals surface area (Å²) in [6, 6.07) is 0. The molecule has 0 aliphatic rings. The Balaban J connectivity index is 3.90. The molecule has 2 atom stereocenters. The molecule has 0 aliphatic heterocycles. The number of nitrogens with zero attached hydrogens (tertiary/aromatic N) is 2. The van der Waals surface area contributed by atoms with E-state index in [0.29, 0.717) is 29.4 Å². The largest absolute Gasteiger partial charge is 0.472 e. The number of phosphoric acid groups is 1. The van der Waals surface area contributed by atoms with Crippen molar-refractivity contribution in [3.05, 3.63) is 0 Å².